The van der Waals surface area contributed by atoms with E-state index in [9.17, 15) is 9.18 Å². The summed E-state index contributed by atoms with van der Waals surface area (Å²) in [5.41, 5.74) is 0.845. The number of hydrogen-bond acceptors (Lipinski definition) is 6. The first kappa shape index (κ1) is 16.6. The van der Waals surface area contributed by atoms with Crippen molar-refractivity contribution in [1.29, 1.82) is 0 Å². The van der Waals surface area contributed by atoms with E-state index in [1.807, 2.05) is 6.92 Å². The molecule has 0 unspecified atom stereocenters. The lowest BCUT2D eigenvalue weighted by atomic mass is 10.2. The van der Waals surface area contributed by atoms with E-state index >= 15 is 0 Å². The van der Waals surface area contributed by atoms with E-state index in [1.54, 1.807) is 23.1 Å². The summed E-state index contributed by atoms with van der Waals surface area (Å²) in [7, 11) is 0. The zero-order valence-electron chi connectivity index (χ0n) is 14.3. The Hall–Kier alpha value is -2.90. The molecule has 136 valence electrons. The summed E-state index contributed by atoms with van der Waals surface area (Å²) in [6.45, 7) is 2.89. The van der Waals surface area contributed by atoms with Gasteiger partial charge in [-0.25, -0.2) is 4.98 Å². The average Bonchev–Trinajstić information content (AvgIpc) is 3.31. The molecule has 3 heterocycles. The van der Waals surface area contributed by atoms with Gasteiger partial charge in [-0.05, 0) is 24.6 Å². The van der Waals surface area contributed by atoms with Crippen molar-refractivity contribution >= 4 is 5.91 Å². The Morgan fingerprint density at radius 1 is 1.35 bits per heavy atom. The molecule has 1 saturated heterocycles. The van der Waals surface area contributed by atoms with Crippen LogP contribution in [0.15, 0.2) is 24.5 Å². The lowest BCUT2D eigenvalue weighted by molar-refractivity contribution is 0.0769. The van der Waals surface area contributed by atoms with E-state index in [0.29, 0.717) is 48.7 Å². The van der Waals surface area contributed by atoms with Crippen LogP contribution in [0.1, 0.15) is 29.4 Å². The number of carbonyl (C=O) groups is 1. The number of nitrogens with zero attached hydrogens (tertiary/aromatic N) is 3. The Labute approximate surface area is 149 Å². The van der Waals surface area contributed by atoms with Crippen molar-refractivity contribution in [3.8, 4) is 17.4 Å². The van der Waals surface area contributed by atoms with Crippen molar-refractivity contribution in [1.82, 2.24) is 14.9 Å². The van der Waals surface area contributed by atoms with Crippen LogP contribution in [0.4, 0.5) is 4.39 Å². The van der Waals surface area contributed by atoms with Gasteiger partial charge in [-0.2, -0.15) is 9.37 Å². The maximum Gasteiger partial charge on any atom is 0.254 e. The van der Waals surface area contributed by atoms with E-state index in [0.717, 1.165) is 0 Å². The van der Waals surface area contributed by atoms with Gasteiger partial charge in [-0.3, -0.25) is 4.79 Å². The topological polar surface area (TPSA) is 73.8 Å². The van der Waals surface area contributed by atoms with E-state index in [4.69, 9.17) is 14.2 Å². The van der Waals surface area contributed by atoms with Crippen molar-refractivity contribution in [3.05, 3.63) is 41.6 Å². The summed E-state index contributed by atoms with van der Waals surface area (Å²) in [6.07, 6.45) is 2.06. The molecule has 1 fully saturated rings. The van der Waals surface area contributed by atoms with E-state index in [-0.39, 0.29) is 24.7 Å². The Morgan fingerprint density at radius 3 is 3.04 bits per heavy atom. The summed E-state index contributed by atoms with van der Waals surface area (Å²) in [4.78, 5) is 22.1. The lowest BCUT2D eigenvalue weighted by Gasteiger charge is -2.17. The third kappa shape index (κ3) is 3.02. The third-order valence-corrected chi connectivity index (χ3v) is 4.49. The van der Waals surface area contributed by atoms with Crippen LogP contribution in [0.2, 0.25) is 0 Å². The van der Waals surface area contributed by atoms with Gasteiger partial charge in [0.25, 0.3) is 11.8 Å². The quantitative estimate of drug-likeness (QED) is 0.833. The van der Waals surface area contributed by atoms with Crippen LogP contribution < -0.4 is 14.2 Å². The SMILES string of the molecule is CCc1ncnc(O[C@@H]2CCN(C(=O)c3ccc4c(c3)OCO4)C2)c1F. The van der Waals surface area contributed by atoms with Crippen LogP contribution in [-0.2, 0) is 6.42 Å². The zero-order valence-corrected chi connectivity index (χ0v) is 14.3. The number of ether oxygens (including phenoxy) is 3. The summed E-state index contributed by atoms with van der Waals surface area (Å²) in [5, 5.41) is 0. The fraction of sp³-hybridized carbons (Fsp3) is 0.389. The number of amides is 1. The van der Waals surface area contributed by atoms with Crippen LogP contribution in [-0.4, -0.2) is 46.8 Å². The molecule has 26 heavy (non-hydrogen) atoms. The Kier molecular flexibility index (Phi) is 4.32. The first-order chi connectivity index (χ1) is 12.7. The van der Waals surface area contributed by atoms with Gasteiger partial charge in [0.2, 0.25) is 12.6 Å². The number of fused-ring (bicyclic) bond motifs is 1. The molecule has 2 aliphatic heterocycles. The maximum atomic E-state index is 14.2. The van der Waals surface area contributed by atoms with Crippen molar-refractivity contribution in [2.24, 2.45) is 0 Å². The fourth-order valence-corrected chi connectivity index (χ4v) is 3.10. The second-order valence-electron chi connectivity index (χ2n) is 6.14. The van der Waals surface area contributed by atoms with Gasteiger partial charge < -0.3 is 19.1 Å². The molecule has 2 aliphatic rings. The van der Waals surface area contributed by atoms with Crippen LogP contribution >= 0.6 is 0 Å². The van der Waals surface area contributed by atoms with Gasteiger partial charge >= 0.3 is 0 Å². The van der Waals surface area contributed by atoms with Gasteiger partial charge in [0.15, 0.2) is 11.5 Å². The van der Waals surface area contributed by atoms with Gasteiger partial charge in [0.05, 0.1) is 12.2 Å². The molecule has 1 amide bonds. The monoisotopic (exact) mass is 359 g/mol. The molecule has 0 N–H and O–H groups in total. The minimum Gasteiger partial charge on any atom is -0.470 e. The molecular weight excluding hydrogens is 341 g/mol. The lowest BCUT2D eigenvalue weighted by Crippen LogP contribution is -2.31. The highest BCUT2D eigenvalue weighted by atomic mass is 19.1. The van der Waals surface area contributed by atoms with Crippen LogP contribution in [0.25, 0.3) is 0 Å². The van der Waals surface area contributed by atoms with Gasteiger partial charge in [-0.15, -0.1) is 0 Å². The molecule has 4 rings (SSSR count). The summed E-state index contributed by atoms with van der Waals surface area (Å²) in [5.74, 6) is 0.495. The van der Waals surface area contributed by atoms with Crippen molar-refractivity contribution < 1.29 is 23.4 Å². The number of rotatable bonds is 4. The fourth-order valence-electron chi connectivity index (χ4n) is 3.10. The van der Waals surface area contributed by atoms with E-state index < -0.39 is 5.82 Å². The Balaban J connectivity index is 1.43. The highest BCUT2D eigenvalue weighted by Crippen LogP contribution is 2.33. The normalized spacial score (nSPS) is 18.2. The third-order valence-electron chi connectivity index (χ3n) is 4.49. The molecule has 0 radical (unpaired) electrons. The van der Waals surface area contributed by atoms with Crippen molar-refractivity contribution in [3.63, 3.8) is 0 Å². The molecule has 8 heteroatoms. The molecule has 1 aromatic carbocycles. The van der Waals surface area contributed by atoms with Crippen molar-refractivity contribution in [2.45, 2.75) is 25.9 Å². The second kappa shape index (κ2) is 6.78. The highest BCUT2D eigenvalue weighted by Gasteiger charge is 2.30. The minimum absolute atomic E-state index is 0.0563. The smallest absolute Gasteiger partial charge is 0.254 e. The number of benzene rings is 1. The molecule has 0 saturated carbocycles. The standard InChI is InChI=1S/C18H18FN3O4/c1-2-13-16(19)17(21-9-20-13)26-12-5-6-22(8-12)18(23)11-3-4-14-15(7-11)25-10-24-14/h3-4,7,9,12H,2,5-6,8,10H2,1H3/t12-/m1/s1. The minimum atomic E-state index is -0.532. The highest BCUT2D eigenvalue weighted by molar-refractivity contribution is 5.95. The molecule has 2 aromatic rings. The summed E-state index contributed by atoms with van der Waals surface area (Å²) in [6, 6.07) is 5.11. The number of likely N-dealkylation sites (tertiary alicyclic amines) is 1. The van der Waals surface area contributed by atoms with Gasteiger partial charge in [0.1, 0.15) is 12.4 Å². The first-order valence-corrected chi connectivity index (χ1v) is 8.50. The van der Waals surface area contributed by atoms with Gasteiger partial charge in [0, 0.05) is 18.5 Å². The largest absolute Gasteiger partial charge is 0.470 e. The number of carbonyl (C=O) groups excluding carboxylic acids is 1. The Bertz CT molecular complexity index is 845. The van der Waals surface area contributed by atoms with Crippen molar-refractivity contribution in [2.75, 3.05) is 19.9 Å². The maximum absolute atomic E-state index is 14.2. The van der Waals surface area contributed by atoms with Crippen LogP contribution in [0.3, 0.4) is 0 Å². The molecule has 1 atom stereocenters. The van der Waals surface area contributed by atoms with Gasteiger partial charge in [-0.1, -0.05) is 6.92 Å². The number of aromatic nitrogens is 2. The molecule has 7 nitrogen and oxygen atoms in total. The van der Waals surface area contributed by atoms with Crippen LogP contribution in [0.5, 0.6) is 17.4 Å². The molecule has 0 spiro atoms. The Morgan fingerprint density at radius 2 is 2.19 bits per heavy atom. The second-order valence-corrected chi connectivity index (χ2v) is 6.14. The summed E-state index contributed by atoms with van der Waals surface area (Å²) < 4.78 is 30.5. The first-order valence-electron chi connectivity index (χ1n) is 8.50. The zero-order chi connectivity index (χ0) is 18.1. The number of aryl methyl sites for hydroxylation is 1. The average molecular weight is 359 g/mol. The number of halogens is 1. The van der Waals surface area contributed by atoms with Crippen LogP contribution in [0, 0.1) is 5.82 Å². The van der Waals surface area contributed by atoms with E-state index in [1.165, 1.54) is 6.33 Å². The molecule has 0 aliphatic carbocycles. The predicted octanol–water partition coefficient (Wildman–Crippen LogP) is 2.20. The molecular formula is C18H18FN3O4. The van der Waals surface area contributed by atoms with E-state index in [2.05, 4.69) is 9.97 Å². The summed E-state index contributed by atoms with van der Waals surface area (Å²) >= 11 is 0. The molecule has 0 bridgehead atoms. The predicted molar refractivity (Wildman–Crippen MR) is 88.9 cm³/mol. The molecule has 1 aromatic heterocycles. The number of hydrogen-bond donors (Lipinski definition) is 0.